The number of hydrogen-bond acceptors (Lipinski definition) is 8. The van der Waals surface area contributed by atoms with Crippen molar-refractivity contribution in [1.82, 2.24) is 19.9 Å². The molecule has 2 aromatic carbocycles. The van der Waals surface area contributed by atoms with Crippen LogP contribution in [0.3, 0.4) is 0 Å². The van der Waals surface area contributed by atoms with Crippen molar-refractivity contribution in [3.8, 4) is 17.7 Å². The minimum Gasteiger partial charge on any atom is -0.434 e. The third-order valence-corrected chi connectivity index (χ3v) is 5.94. The topological polar surface area (TPSA) is 128 Å². The summed E-state index contributed by atoms with van der Waals surface area (Å²) in [6, 6.07) is 11.1. The predicted molar refractivity (Wildman–Crippen MR) is 135 cm³/mol. The molecule has 5 rings (SSSR count). The number of H-pyrrole nitrogens is 1. The van der Waals surface area contributed by atoms with Crippen LogP contribution >= 0.6 is 0 Å². The van der Waals surface area contributed by atoms with Crippen molar-refractivity contribution in [3.05, 3.63) is 65.6 Å². The summed E-state index contributed by atoms with van der Waals surface area (Å²) in [6.07, 6.45) is 1.14. The first-order chi connectivity index (χ1) is 18.4. The maximum absolute atomic E-state index is 15.0. The Morgan fingerprint density at radius 1 is 1.18 bits per heavy atom. The highest BCUT2D eigenvalue weighted by atomic mass is 19.1. The van der Waals surface area contributed by atoms with Crippen molar-refractivity contribution in [2.24, 2.45) is 0 Å². The highest BCUT2D eigenvalue weighted by molar-refractivity contribution is 5.92. The number of nitrogens with zero attached hydrogens (tertiary/aromatic N) is 4. The van der Waals surface area contributed by atoms with Crippen LogP contribution in [0, 0.1) is 29.9 Å². The molecule has 12 heteroatoms. The van der Waals surface area contributed by atoms with Gasteiger partial charge < -0.3 is 25.1 Å². The maximum atomic E-state index is 15.0. The number of aromatic amines is 1. The molecule has 0 spiro atoms. The molecule has 1 saturated heterocycles. The Bertz CT molecular complexity index is 1530. The molecule has 1 aliphatic rings. The van der Waals surface area contributed by atoms with Gasteiger partial charge in [0, 0.05) is 41.6 Å². The van der Waals surface area contributed by atoms with Crippen molar-refractivity contribution in [1.29, 1.82) is 5.26 Å². The number of aryl methyl sites for hydroxylation is 1. The summed E-state index contributed by atoms with van der Waals surface area (Å²) in [6.45, 7) is 4.61. The van der Waals surface area contributed by atoms with Crippen LogP contribution in [0.2, 0.25) is 0 Å². The number of carbonyl (C=O) groups excluding carboxylic acids is 1. The quantitative estimate of drug-likeness (QED) is 0.331. The Labute approximate surface area is 216 Å². The lowest BCUT2D eigenvalue weighted by molar-refractivity contribution is -0.118. The summed E-state index contributed by atoms with van der Waals surface area (Å²) in [5.41, 5.74) is 1.69. The van der Waals surface area contributed by atoms with Crippen LogP contribution in [-0.4, -0.2) is 58.6 Å². The van der Waals surface area contributed by atoms with Crippen molar-refractivity contribution >= 4 is 34.0 Å². The van der Waals surface area contributed by atoms with E-state index in [2.05, 4.69) is 25.6 Å². The van der Waals surface area contributed by atoms with Gasteiger partial charge in [-0.05, 0) is 37.3 Å². The Balaban J connectivity index is 1.30. The number of morpholine rings is 1. The molecule has 38 heavy (non-hydrogen) atoms. The number of benzene rings is 2. The Kier molecular flexibility index (Phi) is 7.12. The zero-order valence-corrected chi connectivity index (χ0v) is 20.3. The van der Waals surface area contributed by atoms with E-state index in [1.807, 2.05) is 11.0 Å². The van der Waals surface area contributed by atoms with E-state index < -0.39 is 17.4 Å². The van der Waals surface area contributed by atoms with Gasteiger partial charge in [-0.3, -0.25) is 9.69 Å². The maximum Gasteiger partial charge on any atom is 0.242 e. The van der Waals surface area contributed by atoms with Gasteiger partial charge in [-0.25, -0.2) is 18.7 Å². The SMILES string of the molecule is Cc1cc2c(F)c(Oc3ncnc(Nc4ccc(NC(=O)CN5CCOCC5)cc4)c3C#N)cc(F)c2[nH]1. The number of halogens is 2. The van der Waals surface area contributed by atoms with Crippen LogP contribution in [0.25, 0.3) is 10.9 Å². The Morgan fingerprint density at radius 3 is 2.66 bits per heavy atom. The Morgan fingerprint density at radius 2 is 1.92 bits per heavy atom. The summed E-state index contributed by atoms with van der Waals surface area (Å²) >= 11 is 0. The zero-order valence-electron chi connectivity index (χ0n) is 20.3. The normalized spacial score (nSPS) is 13.7. The molecule has 1 amide bonds. The average Bonchev–Trinajstić information content (AvgIpc) is 3.31. The van der Waals surface area contributed by atoms with E-state index in [1.54, 1.807) is 31.2 Å². The second kappa shape index (κ2) is 10.8. The number of amides is 1. The number of carbonyl (C=O) groups is 1. The van der Waals surface area contributed by atoms with Gasteiger partial charge in [-0.15, -0.1) is 0 Å². The lowest BCUT2D eigenvalue weighted by Gasteiger charge is -2.25. The molecule has 4 aromatic rings. The van der Waals surface area contributed by atoms with Crippen molar-refractivity contribution < 1.29 is 23.0 Å². The van der Waals surface area contributed by atoms with Crippen LogP contribution < -0.4 is 15.4 Å². The number of nitriles is 1. The summed E-state index contributed by atoms with van der Waals surface area (Å²) in [5, 5.41) is 15.6. The van der Waals surface area contributed by atoms with E-state index in [1.165, 1.54) is 6.07 Å². The van der Waals surface area contributed by atoms with Crippen LogP contribution in [0.1, 0.15) is 11.3 Å². The summed E-state index contributed by atoms with van der Waals surface area (Å²) < 4.78 is 40.3. The Hall–Kier alpha value is -4.60. The predicted octanol–water partition coefficient (Wildman–Crippen LogP) is 4.22. The van der Waals surface area contributed by atoms with Gasteiger partial charge >= 0.3 is 0 Å². The van der Waals surface area contributed by atoms with Crippen LogP contribution in [0.5, 0.6) is 11.6 Å². The molecule has 0 saturated carbocycles. The molecule has 3 N–H and O–H groups in total. The molecule has 2 aromatic heterocycles. The number of anilines is 3. The summed E-state index contributed by atoms with van der Waals surface area (Å²) in [4.78, 5) is 25.1. The molecule has 1 aliphatic heterocycles. The average molecular weight is 520 g/mol. The number of nitrogens with one attached hydrogen (secondary N) is 3. The van der Waals surface area contributed by atoms with Gasteiger partial charge in [-0.2, -0.15) is 5.26 Å². The molecule has 0 atom stereocenters. The first-order valence-corrected chi connectivity index (χ1v) is 11.8. The summed E-state index contributed by atoms with van der Waals surface area (Å²) in [7, 11) is 0. The molecule has 3 heterocycles. The number of ether oxygens (including phenoxy) is 2. The first-order valence-electron chi connectivity index (χ1n) is 11.8. The van der Waals surface area contributed by atoms with Gasteiger partial charge in [0.15, 0.2) is 28.8 Å². The molecule has 0 radical (unpaired) electrons. The van der Waals surface area contributed by atoms with Gasteiger partial charge in [0.25, 0.3) is 0 Å². The van der Waals surface area contributed by atoms with E-state index in [0.29, 0.717) is 43.4 Å². The molecule has 0 aliphatic carbocycles. The number of aromatic nitrogens is 3. The third kappa shape index (κ3) is 5.39. The fraction of sp³-hybridized carbons (Fsp3) is 0.231. The number of fused-ring (bicyclic) bond motifs is 1. The second-order valence-corrected chi connectivity index (χ2v) is 8.67. The smallest absolute Gasteiger partial charge is 0.242 e. The fourth-order valence-electron chi connectivity index (χ4n) is 4.09. The van der Waals surface area contributed by atoms with E-state index in [-0.39, 0.29) is 40.6 Å². The zero-order chi connectivity index (χ0) is 26.6. The monoisotopic (exact) mass is 519 g/mol. The first kappa shape index (κ1) is 25.1. The van der Waals surface area contributed by atoms with E-state index in [9.17, 15) is 18.8 Å². The molecule has 1 fully saturated rings. The minimum atomic E-state index is -0.783. The van der Waals surface area contributed by atoms with E-state index in [0.717, 1.165) is 12.4 Å². The van der Waals surface area contributed by atoms with Gasteiger partial charge in [0.1, 0.15) is 12.4 Å². The van der Waals surface area contributed by atoms with Crippen LogP contribution in [0.15, 0.2) is 42.7 Å². The molecule has 194 valence electrons. The van der Waals surface area contributed by atoms with Gasteiger partial charge in [-0.1, -0.05) is 0 Å². The van der Waals surface area contributed by atoms with E-state index >= 15 is 0 Å². The van der Waals surface area contributed by atoms with Crippen molar-refractivity contribution in [2.75, 3.05) is 43.5 Å². The van der Waals surface area contributed by atoms with Crippen LogP contribution in [0.4, 0.5) is 26.0 Å². The van der Waals surface area contributed by atoms with Gasteiger partial charge in [0.05, 0.1) is 25.3 Å². The van der Waals surface area contributed by atoms with Gasteiger partial charge in [0.2, 0.25) is 11.8 Å². The number of hydrogen-bond donors (Lipinski definition) is 3. The fourth-order valence-corrected chi connectivity index (χ4v) is 4.09. The lowest BCUT2D eigenvalue weighted by Crippen LogP contribution is -2.41. The molecule has 0 unspecified atom stereocenters. The number of rotatable bonds is 7. The van der Waals surface area contributed by atoms with E-state index in [4.69, 9.17) is 9.47 Å². The summed E-state index contributed by atoms with van der Waals surface area (Å²) in [5.74, 6) is -2.15. The van der Waals surface area contributed by atoms with Crippen LogP contribution in [-0.2, 0) is 9.53 Å². The molecular weight excluding hydrogens is 496 g/mol. The second-order valence-electron chi connectivity index (χ2n) is 8.67. The van der Waals surface area contributed by atoms with Crippen molar-refractivity contribution in [3.63, 3.8) is 0 Å². The third-order valence-electron chi connectivity index (χ3n) is 5.94. The molecule has 10 nitrogen and oxygen atoms in total. The lowest BCUT2D eigenvalue weighted by atomic mass is 10.2. The standard InChI is InChI=1S/C26H23F2N7O3/c1-15-10-18-23(28)21(11-20(27)24(18)32-15)38-26-19(12-29)25(30-14-31-26)34-17-4-2-16(3-5-17)33-22(36)13-35-6-8-37-9-7-35/h2-5,10-11,14,32H,6-9,13H2,1H3,(H,33,36)(H,30,31,34). The molecule has 0 bridgehead atoms. The highest BCUT2D eigenvalue weighted by Gasteiger charge is 2.20. The molecular formula is C26H23F2N7O3. The highest BCUT2D eigenvalue weighted by Crippen LogP contribution is 2.34. The minimum absolute atomic E-state index is 0.0265. The largest absolute Gasteiger partial charge is 0.434 e. The van der Waals surface area contributed by atoms with Crippen molar-refractivity contribution in [2.45, 2.75) is 6.92 Å².